The van der Waals surface area contributed by atoms with Crippen molar-refractivity contribution in [3.63, 3.8) is 0 Å². The number of hydrogen-bond acceptors (Lipinski definition) is 4. The van der Waals surface area contributed by atoms with Crippen LogP contribution < -0.4 is 9.62 Å². The number of aryl methyl sites for hydroxylation is 1. The van der Waals surface area contributed by atoms with Gasteiger partial charge >= 0.3 is 0 Å². The first kappa shape index (κ1) is 31.0. The van der Waals surface area contributed by atoms with Crippen molar-refractivity contribution in [2.75, 3.05) is 17.4 Å². The first-order chi connectivity index (χ1) is 20.2. The summed E-state index contributed by atoms with van der Waals surface area (Å²) >= 11 is 3.45. The Morgan fingerprint density at radius 2 is 1.40 bits per heavy atom. The normalized spacial score (nSPS) is 11.9. The molecule has 9 heteroatoms. The molecule has 218 valence electrons. The van der Waals surface area contributed by atoms with Crippen molar-refractivity contribution in [1.29, 1.82) is 0 Å². The van der Waals surface area contributed by atoms with E-state index in [4.69, 9.17) is 0 Å². The molecule has 0 saturated carbocycles. The van der Waals surface area contributed by atoms with Gasteiger partial charge in [0.1, 0.15) is 12.6 Å². The molecule has 0 aromatic heterocycles. The van der Waals surface area contributed by atoms with Crippen LogP contribution in [0, 0.1) is 6.92 Å². The fraction of sp³-hybridized carbons (Fsp3) is 0.212. The summed E-state index contributed by atoms with van der Waals surface area (Å²) in [6.45, 7) is 3.73. The number of sulfonamides is 1. The van der Waals surface area contributed by atoms with Crippen LogP contribution in [0.25, 0.3) is 0 Å². The first-order valence-electron chi connectivity index (χ1n) is 13.7. The zero-order valence-electron chi connectivity index (χ0n) is 23.6. The van der Waals surface area contributed by atoms with Gasteiger partial charge in [-0.25, -0.2) is 8.42 Å². The number of likely N-dealkylation sites (N-methyl/N-ethyl adjacent to an activating group) is 1. The first-order valence-corrected chi connectivity index (χ1v) is 15.9. The van der Waals surface area contributed by atoms with Gasteiger partial charge in [-0.15, -0.1) is 0 Å². The molecule has 1 N–H and O–H groups in total. The molecule has 0 saturated heterocycles. The van der Waals surface area contributed by atoms with E-state index in [2.05, 4.69) is 21.2 Å². The van der Waals surface area contributed by atoms with Crippen LogP contribution in [0.5, 0.6) is 0 Å². The lowest BCUT2D eigenvalue weighted by Gasteiger charge is -2.33. The second kappa shape index (κ2) is 14.3. The highest BCUT2D eigenvalue weighted by molar-refractivity contribution is 9.10. The van der Waals surface area contributed by atoms with Crippen molar-refractivity contribution in [2.45, 2.75) is 37.8 Å². The molecule has 0 aliphatic rings. The SMILES string of the molecule is CCNC(=O)[C@H](Cc1ccccc1)N(Cc1ccc(Br)cc1)C(=O)CN(c1ccccc1)S(=O)(=O)c1ccc(C)cc1. The van der Waals surface area contributed by atoms with E-state index in [9.17, 15) is 18.0 Å². The molecule has 1 atom stereocenters. The monoisotopic (exact) mass is 647 g/mol. The Morgan fingerprint density at radius 3 is 2.00 bits per heavy atom. The molecule has 0 bridgehead atoms. The van der Waals surface area contributed by atoms with Crippen LogP contribution in [0.3, 0.4) is 0 Å². The second-order valence-corrected chi connectivity index (χ2v) is 12.7. The van der Waals surface area contributed by atoms with Gasteiger partial charge in [0.2, 0.25) is 11.8 Å². The minimum atomic E-state index is -4.11. The van der Waals surface area contributed by atoms with E-state index in [1.165, 1.54) is 17.0 Å². The van der Waals surface area contributed by atoms with Crippen molar-refractivity contribution in [3.8, 4) is 0 Å². The molecular weight excluding hydrogens is 614 g/mol. The number of benzene rings is 4. The summed E-state index contributed by atoms with van der Waals surface area (Å²) in [4.78, 5) is 29.4. The smallest absolute Gasteiger partial charge is 0.264 e. The summed E-state index contributed by atoms with van der Waals surface area (Å²) in [6.07, 6.45) is 0.269. The predicted molar refractivity (Wildman–Crippen MR) is 169 cm³/mol. The zero-order chi connectivity index (χ0) is 30.1. The van der Waals surface area contributed by atoms with Gasteiger partial charge in [-0.3, -0.25) is 13.9 Å². The van der Waals surface area contributed by atoms with E-state index in [-0.39, 0.29) is 23.8 Å². The average Bonchev–Trinajstić information content (AvgIpc) is 2.99. The molecule has 4 aromatic rings. The number of hydrogen-bond donors (Lipinski definition) is 1. The highest BCUT2D eigenvalue weighted by Crippen LogP contribution is 2.25. The Morgan fingerprint density at radius 1 is 0.810 bits per heavy atom. The van der Waals surface area contributed by atoms with Crippen molar-refractivity contribution >= 4 is 43.5 Å². The number of carbonyl (C=O) groups is 2. The van der Waals surface area contributed by atoms with Gasteiger partial charge in [0.25, 0.3) is 10.0 Å². The van der Waals surface area contributed by atoms with Gasteiger partial charge in [0, 0.05) is 24.0 Å². The Hall–Kier alpha value is -3.95. The molecule has 0 heterocycles. The van der Waals surface area contributed by atoms with E-state index in [0.29, 0.717) is 12.2 Å². The maximum absolute atomic E-state index is 14.3. The number of rotatable bonds is 12. The van der Waals surface area contributed by atoms with E-state index >= 15 is 0 Å². The van der Waals surface area contributed by atoms with Crippen molar-refractivity contribution in [2.24, 2.45) is 0 Å². The van der Waals surface area contributed by atoms with Gasteiger partial charge in [0.05, 0.1) is 10.6 Å². The zero-order valence-corrected chi connectivity index (χ0v) is 26.0. The summed E-state index contributed by atoms with van der Waals surface area (Å²) in [7, 11) is -4.11. The fourth-order valence-corrected chi connectivity index (χ4v) is 6.27. The van der Waals surface area contributed by atoms with E-state index in [1.807, 2.05) is 68.4 Å². The predicted octanol–water partition coefficient (Wildman–Crippen LogP) is 5.73. The molecule has 4 aromatic carbocycles. The molecular formula is C33H34BrN3O4S. The summed E-state index contributed by atoms with van der Waals surface area (Å²) in [5.74, 6) is -0.802. The van der Waals surface area contributed by atoms with Gasteiger partial charge in [-0.2, -0.15) is 0 Å². The van der Waals surface area contributed by atoms with Crippen LogP contribution in [0.2, 0.25) is 0 Å². The third kappa shape index (κ3) is 7.86. The average molecular weight is 649 g/mol. The molecule has 0 aliphatic heterocycles. The van der Waals surface area contributed by atoms with Crippen molar-refractivity contribution in [1.82, 2.24) is 10.2 Å². The molecule has 0 aliphatic carbocycles. The number of carbonyl (C=O) groups excluding carboxylic acids is 2. The molecule has 0 fully saturated rings. The Labute approximate surface area is 256 Å². The topological polar surface area (TPSA) is 86.8 Å². The van der Waals surface area contributed by atoms with Gasteiger partial charge in [-0.1, -0.05) is 94.3 Å². The number of para-hydroxylation sites is 1. The van der Waals surface area contributed by atoms with Crippen LogP contribution in [0.15, 0.2) is 119 Å². The van der Waals surface area contributed by atoms with Crippen molar-refractivity contribution < 1.29 is 18.0 Å². The summed E-state index contributed by atoms with van der Waals surface area (Å²) in [5, 5.41) is 2.87. The molecule has 42 heavy (non-hydrogen) atoms. The lowest BCUT2D eigenvalue weighted by molar-refractivity contribution is -0.140. The molecule has 2 amide bonds. The maximum atomic E-state index is 14.3. The minimum Gasteiger partial charge on any atom is -0.355 e. The summed E-state index contributed by atoms with van der Waals surface area (Å²) < 4.78 is 29.9. The molecule has 0 unspecified atom stereocenters. The summed E-state index contributed by atoms with van der Waals surface area (Å²) in [5.41, 5.74) is 2.96. The number of anilines is 1. The van der Waals surface area contributed by atoms with Gasteiger partial charge in [0.15, 0.2) is 0 Å². The highest BCUT2D eigenvalue weighted by atomic mass is 79.9. The Balaban J connectivity index is 1.77. The molecule has 7 nitrogen and oxygen atoms in total. The number of halogens is 1. The largest absolute Gasteiger partial charge is 0.355 e. The lowest BCUT2D eigenvalue weighted by Crippen LogP contribution is -2.53. The van der Waals surface area contributed by atoms with Crippen LogP contribution in [-0.2, 0) is 32.6 Å². The third-order valence-corrected chi connectivity index (χ3v) is 9.14. The molecule has 4 rings (SSSR count). The Kier molecular flexibility index (Phi) is 10.5. The third-order valence-electron chi connectivity index (χ3n) is 6.82. The summed E-state index contributed by atoms with van der Waals surface area (Å²) in [6, 6.07) is 31.2. The van der Waals surface area contributed by atoms with E-state index in [0.717, 1.165) is 25.5 Å². The van der Waals surface area contributed by atoms with Crippen LogP contribution >= 0.6 is 15.9 Å². The van der Waals surface area contributed by atoms with Crippen LogP contribution in [0.4, 0.5) is 5.69 Å². The highest BCUT2D eigenvalue weighted by Gasteiger charge is 2.34. The number of nitrogens with one attached hydrogen (secondary N) is 1. The standard InChI is InChI=1S/C33H34BrN3O4S/c1-3-35-33(39)31(22-26-10-6-4-7-11-26)36(23-27-16-18-28(34)19-17-27)32(38)24-37(29-12-8-5-9-13-29)42(40,41)30-20-14-25(2)15-21-30/h4-21,31H,3,22-24H2,1-2H3,(H,35,39)/t31-/m0/s1. The van der Waals surface area contributed by atoms with Crippen LogP contribution in [0.1, 0.15) is 23.6 Å². The van der Waals surface area contributed by atoms with E-state index in [1.54, 1.807) is 42.5 Å². The maximum Gasteiger partial charge on any atom is 0.264 e. The second-order valence-electron chi connectivity index (χ2n) is 9.91. The Bertz CT molecular complexity index is 1580. The fourth-order valence-electron chi connectivity index (χ4n) is 4.59. The van der Waals surface area contributed by atoms with E-state index < -0.39 is 28.5 Å². The van der Waals surface area contributed by atoms with Crippen LogP contribution in [-0.4, -0.2) is 44.3 Å². The minimum absolute atomic E-state index is 0.0776. The van der Waals surface area contributed by atoms with Crippen molar-refractivity contribution in [3.05, 3.63) is 130 Å². The molecule has 0 spiro atoms. The number of nitrogens with zero attached hydrogens (tertiary/aromatic N) is 2. The number of amides is 2. The molecule has 0 radical (unpaired) electrons. The van der Waals surface area contributed by atoms with Gasteiger partial charge in [-0.05, 0) is 61.4 Å². The van der Waals surface area contributed by atoms with Gasteiger partial charge < -0.3 is 10.2 Å². The lowest BCUT2D eigenvalue weighted by atomic mass is 10.0. The quantitative estimate of drug-likeness (QED) is 0.213.